The maximum absolute atomic E-state index is 12.8. The molecule has 1 aromatic carbocycles. The summed E-state index contributed by atoms with van der Waals surface area (Å²) in [5.74, 6) is -0.534. The van der Waals surface area contributed by atoms with Crippen LogP contribution in [-0.4, -0.2) is 27.4 Å². The summed E-state index contributed by atoms with van der Waals surface area (Å²) in [7, 11) is 0. The molecular weight excluding hydrogens is 356 g/mol. The number of carbonyl (C=O) groups excluding carboxylic acids is 2. The Labute approximate surface area is 163 Å². The number of aromatic nitrogens is 2. The van der Waals surface area contributed by atoms with Gasteiger partial charge in [-0.2, -0.15) is 0 Å². The zero-order valence-corrected chi connectivity index (χ0v) is 16.1. The Kier molecular flexibility index (Phi) is 5.93. The van der Waals surface area contributed by atoms with Crippen molar-refractivity contribution in [3.05, 3.63) is 72.7 Å². The van der Waals surface area contributed by atoms with Crippen molar-refractivity contribution in [2.24, 2.45) is 5.92 Å². The van der Waals surface area contributed by atoms with Gasteiger partial charge in [-0.15, -0.1) is 0 Å². The number of nitrogens with one attached hydrogen (secondary N) is 2. The van der Waals surface area contributed by atoms with Crippen molar-refractivity contribution in [3.8, 4) is 5.69 Å². The summed E-state index contributed by atoms with van der Waals surface area (Å²) in [5.41, 5.74) is 1.96. The van der Waals surface area contributed by atoms with Crippen molar-refractivity contribution in [1.29, 1.82) is 0 Å². The first-order valence-corrected chi connectivity index (χ1v) is 9.18. The molecule has 2 atom stereocenters. The third-order valence-corrected chi connectivity index (χ3v) is 4.54. The monoisotopic (exact) mass is 380 g/mol. The van der Waals surface area contributed by atoms with Gasteiger partial charge in [-0.25, -0.2) is 4.98 Å². The second-order valence-corrected chi connectivity index (χ2v) is 6.96. The standard InChI is InChI=1S/C21H24N4O3/c1-14(2)19(24-20(26)18-5-4-12-28-18)21(27)23-15(3)16-6-8-17(9-7-16)25-11-10-22-13-25/h4-15,19H,1-3H3,(H,23,27)(H,24,26)/t15-,19+/m0/s1. The molecule has 7 heteroatoms. The Morgan fingerprint density at radius 2 is 1.82 bits per heavy atom. The van der Waals surface area contributed by atoms with E-state index in [1.807, 2.05) is 55.8 Å². The number of hydrogen-bond donors (Lipinski definition) is 2. The minimum atomic E-state index is -0.662. The lowest BCUT2D eigenvalue weighted by Crippen LogP contribution is -2.50. The summed E-state index contributed by atoms with van der Waals surface area (Å²) >= 11 is 0. The second kappa shape index (κ2) is 8.56. The molecule has 0 aliphatic heterocycles. The van der Waals surface area contributed by atoms with Crippen molar-refractivity contribution in [1.82, 2.24) is 20.2 Å². The Bertz CT molecular complexity index is 900. The summed E-state index contributed by atoms with van der Waals surface area (Å²) in [5, 5.41) is 5.73. The molecule has 0 spiro atoms. The van der Waals surface area contributed by atoms with Crippen LogP contribution in [0.5, 0.6) is 0 Å². The van der Waals surface area contributed by atoms with E-state index in [0.717, 1.165) is 11.3 Å². The lowest BCUT2D eigenvalue weighted by Gasteiger charge is -2.24. The van der Waals surface area contributed by atoms with Crippen LogP contribution >= 0.6 is 0 Å². The van der Waals surface area contributed by atoms with Gasteiger partial charge in [-0.05, 0) is 42.7 Å². The highest BCUT2D eigenvalue weighted by molar-refractivity contribution is 5.95. The lowest BCUT2D eigenvalue weighted by atomic mass is 10.0. The molecule has 0 aliphatic rings. The van der Waals surface area contributed by atoms with Gasteiger partial charge in [0.15, 0.2) is 5.76 Å². The minimum Gasteiger partial charge on any atom is -0.459 e. The molecule has 0 radical (unpaired) electrons. The Morgan fingerprint density at radius 1 is 1.07 bits per heavy atom. The lowest BCUT2D eigenvalue weighted by molar-refractivity contribution is -0.124. The highest BCUT2D eigenvalue weighted by Gasteiger charge is 2.26. The van der Waals surface area contributed by atoms with Gasteiger partial charge in [0.2, 0.25) is 5.91 Å². The van der Waals surface area contributed by atoms with Crippen LogP contribution in [0.3, 0.4) is 0 Å². The summed E-state index contributed by atoms with van der Waals surface area (Å²) in [4.78, 5) is 29.0. The van der Waals surface area contributed by atoms with Crippen LogP contribution in [-0.2, 0) is 4.79 Å². The second-order valence-electron chi connectivity index (χ2n) is 6.96. The Morgan fingerprint density at radius 3 is 2.39 bits per heavy atom. The number of carbonyl (C=O) groups is 2. The van der Waals surface area contributed by atoms with Gasteiger partial charge in [-0.1, -0.05) is 26.0 Å². The van der Waals surface area contributed by atoms with Crippen molar-refractivity contribution in [3.63, 3.8) is 0 Å². The zero-order valence-electron chi connectivity index (χ0n) is 16.1. The van der Waals surface area contributed by atoms with Gasteiger partial charge in [-0.3, -0.25) is 9.59 Å². The molecule has 2 N–H and O–H groups in total. The fourth-order valence-electron chi connectivity index (χ4n) is 2.89. The summed E-state index contributed by atoms with van der Waals surface area (Å²) in [6.07, 6.45) is 6.75. The molecule has 28 heavy (non-hydrogen) atoms. The predicted octanol–water partition coefficient (Wildman–Crippen LogP) is 3.10. The molecular formula is C21H24N4O3. The van der Waals surface area contributed by atoms with E-state index in [-0.39, 0.29) is 23.6 Å². The SMILES string of the molecule is CC(C)[C@@H](NC(=O)c1ccco1)C(=O)N[C@@H](C)c1ccc(-n2ccnc2)cc1. The average Bonchev–Trinajstić information content (AvgIpc) is 3.39. The average molecular weight is 380 g/mol. The Balaban J connectivity index is 1.64. The number of benzene rings is 1. The molecule has 7 nitrogen and oxygen atoms in total. The summed E-state index contributed by atoms with van der Waals surface area (Å²) < 4.78 is 7.01. The fraction of sp³-hybridized carbons (Fsp3) is 0.286. The van der Waals surface area contributed by atoms with Crippen LogP contribution in [0, 0.1) is 5.92 Å². The smallest absolute Gasteiger partial charge is 0.287 e. The van der Waals surface area contributed by atoms with Crippen molar-refractivity contribution in [2.75, 3.05) is 0 Å². The van der Waals surface area contributed by atoms with E-state index in [1.165, 1.54) is 6.26 Å². The van der Waals surface area contributed by atoms with Crippen molar-refractivity contribution < 1.29 is 14.0 Å². The van der Waals surface area contributed by atoms with E-state index < -0.39 is 11.9 Å². The quantitative estimate of drug-likeness (QED) is 0.659. The maximum atomic E-state index is 12.8. The summed E-state index contributed by atoms with van der Waals surface area (Å²) in [6, 6.07) is 10.2. The van der Waals surface area contributed by atoms with E-state index in [0.29, 0.717) is 0 Å². The number of nitrogens with zero attached hydrogens (tertiary/aromatic N) is 2. The molecule has 0 aliphatic carbocycles. The molecule has 2 heterocycles. The van der Waals surface area contributed by atoms with Crippen LogP contribution in [0.25, 0.3) is 5.69 Å². The van der Waals surface area contributed by atoms with Gasteiger partial charge in [0.05, 0.1) is 18.6 Å². The van der Waals surface area contributed by atoms with Gasteiger partial charge in [0.25, 0.3) is 5.91 Å². The number of imidazole rings is 1. The third kappa shape index (κ3) is 4.49. The maximum Gasteiger partial charge on any atom is 0.287 e. The highest BCUT2D eigenvalue weighted by atomic mass is 16.3. The molecule has 0 unspecified atom stereocenters. The number of hydrogen-bond acceptors (Lipinski definition) is 4. The molecule has 3 rings (SSSR count). The Hall–Kier alpha value is -3.35. The van der Waals surface area contributed by atoms with Crippen molar-refractivity contribution in [2.45, 2.75) is 32.9 Å². The van der Waals surface area contributed by atoms with Crippen molar-refractivity contribution >= 4 is 11.8 Å². The first-order chi connectivity index (χ1) is 13.5. The highest BCUT2D eigenvalue weighted by Crippen LogP contribution is 2.16. The molecule has 0 bridgehead atoms. The first-order valence-electron chi connectivity index (χ1n) is 9.18. The summed E-state index contributed by atoms with van der Waals surface area (Å²) in [6.45, 7) is 5.68. The van der Waals surface area contributed by atoms with Gasteiger partial charge < -0.3 is 19.6 Å². The topological polar surface area (TPSA) is 89.2 Å². The number of rotatable bonds is 7. The van der Waals surface area contributed by atoms with Crippen LogP contribution in [0.4, 0.5) is 0 Å². The zero-order chi connectivity index (χ0) is 20.1. The molecule has 0 fully saturated rings. The first kappa shape index (κ1) is 19.4. The van der Waals surface area contributed by atoms with E-state index >= 15 is 0 Å². The van der Waals surface area contributed by atoms with Gasteiger partial charge >= 0.3 is 0 Å². The number of amides is 2. The van der Waals surface area contributed by atoms with Crippen LogP contribution in [0.15, 0.2) is 65.8 Å². The van der Waals surface area contributed by atoms with E-state index in [2.05, 4.69) is 15.6 Å². The van der Waals surface area contributed by atoms with E-state index in [4.69, 9.17) is 4.42 Å². The molecule has 0 saturated heterocycles. The van der Waals surface area contributed by atoms with Crippen LogP contribution in [0.1, 0.15) is 42.9 Å². The normalized spacial score (nSPS) is 13.1. The largest absolute Gasteiger partial charge is 0.459 e. The van der Waals surface area contributed by atoms with Gasteiger partial charge in [0, 0.05) is 18.1 Å². The minimum absolute atomic E-state index is 0.0743. The molecule has 3 aromatic rings. The fourth-order valence-corrected chi connectivity index (χ4v) is 2.89. The van der Waals surface area contributed by atoms with Gasteiger partial charge in [0.1, 0.15) is 6.04 Å². The van der Waals surface area contributed by atoms with E-state index in [9.17, 15) is 9.59 Å². The molecule has 2 aromatic heterocycles. The van der Waals surface area contributed by atoms with E-state index in [1.54, 1.807) is 24.7 Å². The number of furan rings is 1. The predicted molar refractivity (Wildman–Crippen MR) is 105 cm³/mol. The third-order valence-electron chi connectivity index (χ3n) is 4.54. The van der Waals surface area contributed by atoms with Crippen LogP contribution in [0.2, 0.25) is 0 Å². The molecule has 146 valence electrons. The van der Waals surface area contributed by atoms with Crippen LogP contribution < -0.4 is 10.6 Å². The molecule has 2 amide bonds. The molecule has 0 saturated carbocycles.